The minimum absolute atomic E-state index is 0.419. The molecule has 4 atom stereocenters. The largest absolute Gasteiger partial charge is 0.488 e. The molecule has 0 saturated heterocycles. The van der Waals surface area contributed by atoms with E-state index in [2.05, 4.69) is 83.3 Å². The molecule has 370 valence electrons. The third-order valence-electron chi connectivity index (χ3n) is 13.9. The molecular formula is C54H89NO8S2. The maximum absolute atomic E-state index is 6.80. The van der Waals surface area contributed by atoms with Gasteiger partial charge in [-0.3, -0.25) is 0 Å². The second kappa shape index (κ2) is 28.9. The lowest BCUT2D eigenvalue weighted by molar-refractivity contribution is -0.0715. The smallest absolute Gasteiger partial charge is 0.181 e. The van der Waals surface area contributed by atoms with Crippen molar-refractivity contribution in [2.45, 2.75) is 158 Å². The number of aromatic nitrogens is 1. The van der Waals surface area contributed by atoms with Crippen molar-refractivity contribution in [2.75, 3.05) is 79.3 Å². The molecule has 0 aromatic carbocycles. The van der Waals surface area contributed by atoms with Crippen LogP contribution in [0.4, 0.5) is 0 Å². The highest BCUT2D eigenvalue weighted by Gasteiger charge is 2.40. The van der Waals surface area contributed by atoms with Gasteiger partial charge in [-0.2, -0.15) is 0 Å². The first-order valence-electron chi connectivity index (χ1n) is 26.0. The van der Waals surface area contributed by atoms with Gasteiger partial charge in [0.25, 0.3) is 0 Å². The summed E-state index contributed by atoms with van der Waals surface area (Å²) in [5.41, 5.74) is 1.12. The van der Waals surface area contributed by atoms with Crippen molar-refractivity contribution < 1.29 is 37.9 Å². The molecule has 2 aliphatic heterocycles. The second-order valence-corrected chi connectivity index (χ2v) is 21.4. The van der Waals surface area contributed by atoms with Crippen LogP contribution < -0.4 is 18.9 Å². The molecule has 9 nitrogen and oxygen atoms in total. The van der Waals surface area contributed by atoms with Crippen molar-refractivity contribution in [3.05, 3.63) is 22.9 Å². The van der Waals surface area contributed by atoms with E-state index in [0.717, 1.165) is 96.3 Å². The van der Waals surface area contributed by atoms with Crippen LogP contribution in [0.25, 0.3) is 21.1 Å². The van der Waals surface area contributed by atoms with Gasteiger partial charge in [0.15, 0.2) is 23.0 Å². The third-order valence-corrected chi connectivity index (χ3v) is 15.9. The fraction of sp³-hybridized carbons (Fsp3) is 0.778. The molecule has 0 amide bonds. The maximum Gasteiger partial charge on any atom is 0.181 e. The van der Waals surface area contributed by atoms with Crippen LogP contribution in [0.1, 0.15) is 158 Å². The van der Waals surface area contributed by atoms with Crippen molar-refractivity contribution in [3.8, 4) is 44.1 Å². The highest BCUT2D eigenvalue weighted by molar-refractivity contribution is 7.14. The normalized spacial score (nSPS) is 20.3. The number of unbranched alkanes of at least 4 members (excludes halogenated alkanes) is 4. The Balaban J connectivity index is 1.29. The van der Waals surface area contributed by atoms with Gasteiger partial charge >= 0.3 is 0 Å². The van der Waals surface area contributed by atoms with E-state index in [0.29, 0.717) is 76.5 Å². The number of H-pyrrole nitrogens is 1. The molecule has 2 aliphatic rings. The zero-order chi connectivity index (χ0) is 46.3. The minimum atomic E-state index is -0.419. The lowest BCUT2D eigenvalue weighted by Gasteiger charge is -2.32. The quantitative estimate of drug-likeness (QED) is 0.0633. The average Bonchev–Trinajstić information content (AvgIpc) is 4.03. The SMILES string of the molecule is CCCCC(CC)COCC1(COCC(CC)CCCC)COc2csc(-c3ccc(-c4scc5c4OCC(COCC(CC)CCCC)(COCC(CC)CCCC)CO5)[nH]3)c2OC1. The van der Waals surface area contributed by atoms with E-state index < -0.39 is 10.8 Å². The van der Waals surface area contributed by atoms with Crippen molar-refractivity contribution in [1.29, 1.82) is 0 Å². The number of nitrogens with one attached hydrogen (secondary N) is 1. The fourth-order valence-corrected chi connectivity index (χ4v) is 10.8. The Bertz CT molecular complexity index is 1550. The molecule has 65 heavy (non-hydrogen) atoms. The first-order valence-corrected chi connectivity index (χ1v) is 27.8. The van der Waals surface area contributed by atoms with Crippen molar-refractivity contribution in [2.24, 2.45) is 34.5 Å². The van der Waals surface area contributed by atoms with E-state index in [1.165, 1.54) is 77.0 Å². The van der Waals surface area contributed by atoms with E-state index in [4.69, 9.17) is 37.9 Å². The fourth-order valence-electron chi connectivity index (χ4n) is 8.94. The molecule has 0 spiro atoms. The third kappa shape index (κ3) is 16.2. The van der Waals surface area contributed by atoms with Crippen LogP contribution in [0, 0.1) is 34.5 Å². The van der Waals surface area contributed by atoms with Gasteiger partial charge < -0.3 is 42.9 Å². The Hall–Kier alpha value is -2.28. The molecule has 4 unspecified atom stereocenters. The maximum atomic E-state index is 6.80. The standard InChI is InChI=1S/C54H89NO8S2/c1-9-17-21-41(13-5)27-56-33-53(34-57-28-42(14-6)22-18-10-2)37-60-47-31-64-51(49(47)62-39-53)45-25-26-46(55-45)52-50-48(32-65-52)61-38-54(40-63-50,35-58-29-43(15-7)23-19-11-3)36-59-30-44(16-8)24-20-12-4/h25-26,31-32,41-44,55H,9-24,27-30,33-40H2,1-8H3. The van der Waals surface area contributed by atoms with Crippen LogP contribution >= 0.6 is 22.7 Å². The van der Waals surface area contributed by atoms with Crippen LogP contribution in [0.15, 0.2) is 22.9 Å². The summed E-state index contributed by atoms with van der Waals surface area (Å²) >= 11 is 3.28. The molecule has 0 bridgehead atoms. The van der Waals surface area contributed by atoms with E-state index in [1.54, 1.807) is 22.7 Å². The molecule has 0 saturated carbocycles. The minimum Gasteiger partial charge on any atom is -0.488 e. The van der Waals surface area contributed by atoms with Gasteiger partial charge in [-0.25, -0.2) is 0 Å². The summed E-state index contributed by atoms with van der Waals surface area (Å²) in [6.07, 6.45) is 19.1. The molecule has 5 rings (SSSR count). The predicted molar refractivity (Wildman–Crippen MR) is 271 cm³/mol. The Labute approximate surface area is 402 Å². The Morgan fingerprint density at radius 1 is 0.477 bits per heavy atom. The summed E-state index contributed by atoms with van der Waals surface area (Å²) in [5, 5.41) is 4.16. The first kappa shape index (κ1) is 53.7. The molecule has 0 radical (unpaired) electrons. The molecule has 1 N–H and O–H groups in total. The zero-order valence-electron chi connectivity index (χ0n) is 42.0. The number of hydrogen-bond donors (Lipinski definition) is 1. The van der Waals surface area contributed by atoms with Crippen LogP contribution in [0.2, 0.25) is 0 Å². The number of ether oxygens (including phenoxy) is 8. The summed E-state index contributed by atoms with van der Waals surface area (Å²) in [5.74, 6) is 5.37. The van der Waals surface area contributed by atoms with Gasteiger partial charge in [0.2, 0.25) is 0 Å². The van der Waals surface area contributed by atoms with Crippen molar-refractivity contribution >= 4 is 22.7 Å². The molecule has 0 aliphatic carbocycles. The molecule has 5 heterocycles. The van der Waals surface area contributed by atoms with Crippen LogP contribution in [0.3, 0.4) is 0 Å². The van der Waals surface area contributed by atoms with E-state index in [-0.39, 0.29) is 0 Å². The number of fused-ring (bicyclic) bond motifs is 2. The van der Waals surface area contributed by atoms with Gasteiger partial charge in [0.1, 0.15) is 26.4 Å². The van der Waals surface area contributed by atoms with Crippen molar-refractivity contribution in [3.63, 3.8) is 0 Å². The van der Waals surface area contributed by atoms with Gasteiger partial charge in [-0.05, 0) is 61.5 Å². The summed E-state index contributed by atoms with van der Waals surface area (Å²) in [4.78, 5) is 5.76. The predicted octanol–water partition coefficient (Wildman–Crippen LogP) is 14.9. The summed E-state index contributed by atoms with van der Waals surface area (Å²) in [7, 11) is 0. The Morgan fingerprint density at radius 3 is 1.08 bits per heavy atom. The van der Waals surface area contributed by atoms with Crippen LogP contribution in [0.5, 0.6) is 23.0 Å². The average molecular weight is 944 g/mol. The lowest BCUT2D eigenvalue weighted by atomic mass is 9.91. The molecule has 3 aromatic rings. The van der Waals surface area contributed by atoms with Crippen molar-refractivity contribution in [1.82, 2.24) is 4.98 Å². The van der Waals surface area contributed by atoms with E-state index >= 15 is 0 Å². The van der Waals surface area contributed by atoms with E-state index in [9.17, 15) is 0 Å². The zero-order valence-corrected chi connectivity index (χ0v) is 43.6. The monoisotopic (exact) mass is 944 g/mol. The van der Waals surface area contributed by atoms with Crippen LogP contribution in [-0.2, 0) is 18.9 Å². The number of hydrogen-bond acceptors (Lipinski definition) is 10. The molecule has 11 heteroatoms. The van der Waals surface area contributed by atoms with Gasteiger partial charge in [-0.15, -0.1) is 22.7 Å². The van der Waals surface area contributed by atoms with Gasteiger partial charge in [0.05, 0.1) is 58.4 Å². The highest BCUT2D eigenvalue weighted by Crippen LogP contribution is 2.50. The molecule has 3 aromatic heterocycles. The first-order chi connectivity index (χ1) is 31.8. The number of rotatable bonds is 34. The highest BCUT2D eigenvalue weighted by atomic mass is 32.1. The van der Waals surface area contributed by atoms with Crippen LogP contribution in [-0.4, -0.2) is 84.3 Å². The van der Waals surface area contributed by atoms with E-state index in [1.807, 2.05) is 0 Å². The number of aromatic amines is 1. The van der Waals surface area contributed by atoms with Gasteiger partial charge in [0, 0.05) is 37.2 Å². The van der Waals surface area contributed by atoms with Gasteiger partial charge in [-0.1, -0.05) is 132 Å². The second-order valence-electron chi connectivity index (χ2n) is 19.7. The Kier molecular flexibility index (Phi) is 23.9. The molecular weight excluding hydrogens is 855 g/mol. The summed E-state index contributed by atoms with van der Waals surface area (Å²) < 4.78 is 53.1. The number of thiophene rings is 2. The Morgan fingerprint density at radius 2 is 0.785 bits per heavy atom. The summed E-state index contributed by atoms with van der Waals surface area (Å²) in [6, 6.07) is 4.27. The lowest BCUT2D eigenvalue weighted by Crippen LogP contribution is -2.43. The molecule has 0 fully saturated rings. The summed E-state index contributed by atoms with van der Waals surface area (Å²) in [6.45, 7) is 25.2. The topological polar surface area (TPSA) is 89.6 Å².